The lowest BCUT2D eigenvalue weighted by Gasteiger charge is -2.08. The van der Waals surface area contributed by atoms with Crippen LogP contribution in [0.15, 0.2) is 24.3 Å². The summed E-state index contributed by atoms with van der Waals surface area (Å²) in [6.45, 7) is 1.29. The summed E-state index contributed by atoms with van der Waals surface area (Å²) < 4.78 is 5.57. The predicted octanol–water partition coefficient (Wildman–Crippen LogP) is 1.89. The summed E-state index contributed by atoms with van der Waals surface area (Å²) in [5.41, 5.74) is 6.64. The van der Waals surface area contributed by atoms with E-state index < -0.39 is 0 Å². The number of hydrogen-bond acceptors (Lipinski definition) is 3. The summed E-state index contributed by atoms with van der Waals surface area (Å²) in [7, 11) is 0. The minimum absolute atomic E-state index is 0.537. The van der Waals surface area contributed by atoms with E-state index in [1.165, 1.54) is 0 Å². The highest BCUT2D eigenvalue weighted by Gasteiger charge is 1.99. The Labute approximate surface area is 83.5 Å². The highest BCUT2D eigenvalue weighted by Crippen LogP contribution is 2.16. The van der Waals surface area contributed by atoms with Crippen LogP contribution >= 0.6 is 11.8 Å². The molecule has 0 amide bonds. The Hall–Kier alpha value is -0.670. The molecule has 3 heteroatoms. The zero-order chi connectivity index (χ0) is 9.52. The van der Waals surface area contributed by atoms with Gasteiger partial charge in [0, 0.05) is 17.9 Å². The van der Waals surface area contributed by atoms with E-state index in [1.807, 2.05) is 24.3 Å². The van der Waals surface area contributed by atoms with Crippen LogP contribution in [0.2, 0.25) is 0 Å². The van der Waals surface area contributed by atoms with Gasteiger partial charge in [0.05, 0.1) is 6.61 Å². The van der Waals surface area contributed by atoms with Crippen LogP contribution in [-0.4, -0.2) is 18.6 Å². The number of benzene rings is 1. The molecule has 0 spiro atoms. The Morgan fingerprint density at radius 2 is 2.15 bits per heavy atom. The molecule has 1 aromatic rings. The standard InChI is InChI=1S/C10H15NOS/c1-13-7-6-12-10-5-3-2-4-9(10)8-11/h2-5H,6-8,11H2,1H3. The van der Waals surface area contributed by atoms with Crippen LogP contribution in [0.4, 0.5) is 0 Å². The zero-order valence-corrected chi connectivity index (χ0v) is 8.64. The van der Waals surface area contributed by atoms with Crippen molar-refractivity contribution in [1.29, 1.82) is 0 Å². The number of ether oxygens (including phenoxy) is 1. The number of rotatable bonds is 5. The van der Waals surface area contributed by atoms with Gasteiger partial charge in [0.25, 0.3) is 0 Å². The molecule has 72 valence electrons. The fourth-order valence-corrected chi connectivity index (χ4v) is 1.30. The van der Waals surface area contributed by atoms with Gasteiger partial charge in [-0.2, -0.15) is 11.8 Å². The highest BCUT2D eigenvalue weighted by molar-refractivity contribution is 7.98. The number of thioether (sulfide) groups is 1. The first-order chi connectivity index (χ1) is 6.38. The molecule has 2 nitrogen and oxygen atoms in total. The fraction of sp³-hybridized carbons (Fsp3) is 0.400. The molecule has 0 aliphatic carbocycles. The number of nitrogens with two attached hydrogens (primary N) is 1. The first kappa shape index (κ1) is 10.4. The van der Waals surface area contributed by atoms with Crippen LogP contribution in [0.3, 0.4) is 0 Å². The second-order valence-electron chi connectivity index (χ2n) is 2.65. The van der Waals surface area contributed by atoms with E-state index in [1.54, 1.807) is 11.8 Å². The molecule has 0 radical (unpaired) electrons. The van der Waals surface area contributed by atoms with Crippen molar-refractivity contribution in [2.24, 2.45) is 5.73 Å². The highest BCUT2D eigenvalue weighted by atomic mass is 32.2. The van der Waals surface area contributed by atoms with E-state index >= 15 is 0 Å². The summed E-state index contributed by atoms with van der Waals surface area (Å²) in [6.07, 6.45) is 2.07. The lowest BCUT2D eigenvalue weighted by molar-refractivity contribution is 0.340. The second-order valence-corrected chi connectivity index (χ2v) is 3.64. The molecule has 0 fully saturated rings. The maximum atomic E-state index is 5.57. The molecule has 0 saturated heterocycles. The van der Waals surface area contributed by atoms with Crippen LogP contribution in [0.5, 0.6) is 5.75 Å². The number of para-hydroxylation sites is 1. The minimum Gasteiger partial charge on any atom is -0.492 e. The van der Waals surface area contributed by atoms with Gasteiger partial charge in [-0.1, -0.05) is 18.2 Å². The Morgan fingerprint density at radius 1 is 1.38 bits per heavy atom. The van der Waals surface area contributed by atoms with E-state index in [0.29, 0.717) is 6.54 Å². The monoisotopic (exact) mass is 197 g/mol. The van der Waals surface area contributed by atoms with Gasteiger partial charge in [-0.05, 0) is 12.3 Å². The van der Waals surface area contributed by atoms with Gasteiger partial charge < -0.3 is 10.5 Å². The summed E-state index contributed by atoms with van der Waals surface area (Å²) in [4.78, 5) is 0. The summed E-state index contributed by atoms with van der Waals surface area (Å²) >= 11 is 1.78. The summed E-state index contributed by atoms with van der Waals surface area (Å²) in [5.74, 6) is 1.93. The minimum atomic E-state index is 0.537. The van der Waals surface area contributed by atoms with Gasteiger partial charge in [-0.15, -0.1) is 0 Å². The van der Waals surface area contributed by atoms with E-state index in [-0.39, 0.29) is 0 Å². The molecule has 0 heterocycles. The third kappa shape index (κ3) is 3.28. The van der Waals surface area contributed by atoms with Crippen LogP contribution in [0.1, 0.15) is 5.56 Å². The van der Waals surface area contributed by atoms with Gasteiger partial charge in [0.15, 0.2) is 0 Å². The van der Waals surface area contributed by atoms with Gasteiger partial charge in [0.2, 0.25) is 0 Å². The van der Waals surface area contributed by atoms with E-state index in [2.05, 4.69) is 6.26 Å². The molecule has 0 saturated carbocycles. The van der Waals surface area contributed by atoms with Crippen molar-refractivity contribution < 1.29 is 4.74 Å². The first-order valence-corrected chi connectivity index (χ1v) is 5.67. The topological polar surface area (TPSA) is 35.2 Å². The van der Waals surface area contributed by atoms with Gasteiger partial charge in [-0.3, -0.25) is 0 Å². The van der Waals surface area contributed by atoms with Crippen molar-refractivity contribution in [3.63, 3.8) is 0 Å². The van der Waals surface area contributed by atoms with Crippen LogP contribution in [-0.2, 0) is 6.54 Å². The molecular formula is C10H15NOS. The van der Waals surface area contributed by atoms with Crippen LogP contribution in [0.25, 0.3) is 0 Å². The Morgan fingerprint density at radius 3 is 2.85 bits per heavy atom. The normalized spacial score (nSPS) is 10.0. The molecule has 0 aliphatic heterocycles. The average Bonchev–Trinajstić information content (AvgIpc) is 2.19. The molecule has 2 N–H and O–H groups in total. The zero-order valence-electron chi connectivity index (χ0n) is 7.82. The molecule has 1 rings (SSSR count). The lowest BCUT2D eigenvalue weighted by Crippen LogP contribution is -2.04. The first-order valence-electron chi connectivity index (χ1n) is 4.28. The van der Waals surface area contributed by atoms with Crippen LogP contribution < -0.4 is 10.5 Å². The molecule has 1 aromatic carbocycles. The van der Waals surface area contributed by atoms with Gasteiger partial charge >= 0.3 is 0 Å². The average molecular weight is 197 g/mol. The maximum Gasteiger partial charge on any atom is 0.123 e. The Balaban J connectivity index is 2.54. The summed E-state index contributed by atoms with van der Waals surface area (Å²) in [6, 6.07) is 7.90. The van der Waals surface area contributed by atoms with Crippen molar-refractivity contribution in [1.82, 2.24) is 0 Å². The molecular weight excluding hydrogens is 182 g/mol. The number of hydrogen-bond donors (Lipinski definition) is 1. The largest absolute Gasteiger partial charge is 0.492 e. The van der Waals surface area contributed by atoms with Crippen molar-refractivity contribution in [3.8, 4) is 5.75 Å². The lowest BCUT2D eigenvalue weighted by atomic mass is 10.2. The van der Waals surface area contributed by atoms with Crippen molar-refractivity contribution in [2.45, 2.75) is 6.54 Å². The third-order valence-corrected chi connectivity index (χ3v) is 2.31. The maximum absolute atomic E-state index is 5.57. The fourth-order valence-electron chi connectivity index (χ4n) is 1.05. The second kappa shape index (κ2) is 5.89. The predicted molar refractivity (Wildman–Crippen MR) is 58.2 cm³/mol. The summed E-state index contributed by atoms with van der Waals surface area (Å²) in [5, 5.41) is 0. The van der Waals surface area contributed by atoms with E-state index in [9.17, 15) is 0 Å². The SMILES string of the molecule is CSCCOc1ccccc1CN. The van der Waals surface area contributed by atoms with Crippen molar-refractivity contribution in [3.05, 3.63) is 29.8 Å². The molecule has 0 aliphatic rings. The molecule has 13 heavy (non-hydrogen) atoms. The molecule has 0 bridgehead atoms. The smallest absolute Gasteiger partial charge is 0.123 e. The quantitative estimate of drug-likeness (QED) is 0.732. The van der Waals surface area contributed by atoms with Gasteiger partial charge in [0.1, 0.15) is 5.75 Å². The molecule has 0 atom stereocenters. The Bertz CT molecular complexity index is 252. The van der Waals surface area contributed by atoms with E-state index in [0.717, 1.165) is 23.7 Å². The molecule has 0 aromatic heterocycles. The van der Waals surface area contributed by atoms with Gasteiger partial charge in [-0.25, -0.2) is 0 Å². The third-order valence-electron chi connectivity index (χ3n) is 1.74. The van der Waals surface area contributed by atoms with E-state index in [4.69, 9.17) is 10.5 Å². The van der Waals surface area contributed by atoms with Crippen LogP contribution in [0, 0.1) is 0 Å². The molecule has 0 unspecified atom stereocenters. The van der Waals surface area contributed by atoms with Crippen molar-refractivity contribution in [2.75, 3.05) is 18.6 Å². The Kier molecular flexibility index (Phi) is 4.72. The van der Waals surface area contributed by atoms with Crippen molar-refractivity contribution >= 4 is 11.8 Å².